The fourth-order valence-electron chi connectivity index (χ4n) is 6.60. The molecule has 4 fully saturated rings. The van der Waals surface area contributed by atoms with Crippen LogP contribution in [0.3, 0.4) is 0 Å². The number of benzene rings is 1. The Hall–Kier alpha value is -2.81. The van der Waals surface area contributed by atoms with Gasteiger partial charge in [0.25, 0.3) is 0 Å². The van der Waals surface area contributed by atoms with Crippen molar-refractivity contribution >= 4 is 23.8 Å². The quantitative estimate of drug-likeness (QED) is 0.368. The number of amides is 2. The zero-order valence-electron chi connectivity index (χ0n) is 23.1. The van der Waals surface area contributed by atoms with E-state index in [0.717, 1.165) is 70.1 Å². The lowest BCUT2D eigenvalue weighted by Gasteiger charge is -2.34. The van der Waals surface area contributed by atoms with E-state index in [-0.39, 0.29) is 30.1 Å². The minimum absolute atomic E-state index is 0.0501. The molecule has 2 heterocycles. The summed E-state index contributed by atoms with van der Waals surface area (Å²) >= 11 is 0. The number of rotatable bonds is 7. The van der Waals surface area contributed by atoms with E-state index in [1.54, 1.807) is 6.92 Å². The lowest BCUT2D eigenvalue weighted by molar-refractivity contribution is -0.175. The number of carbonyl (C=O) groups excluding carboxylic acids is 3. The van der Waals surface area contributed by atoms with Crippen LogP contribution < -0.4 is 10.2 Å². The molecule has 39 heavy (non-hydrogen) atoms. The van der Waals surface area contributed by atoms with E-state index in [4.69, 9.17) is 14.2 Å². The summed E-state index contributed by atoms with van der Waals surface area (Å²) in [5.74, 6) is -0.00879. The summed E-state index contributed by atoms with van der Waals surface area (Å²) in [5, 5.41) is 3.41. The van der Waals surface area contributed by atoms with E-state index in [9.17, 15) is 14.4 Å². The second-order valence-electron chi connectivity index (χ2n) is 11.5. The molecule has 4 aliphatic rings. The maximum Gasteiger partial charge on any atom is 0.511 e. The van der Waals surface area contributed by atoms with Crippen LogP contribution in [0.25, 0.3) is 0 Å². The van der Waals surface area contributed by atoms with E-state index in [0.29, 0.717) is 31.8 Å². The fourth-order valence-corrected chi connectivity index (χ4v) is 6.60. The van der Waals surface area contributed by atoms with Crippen molar-refractivity contribution in [1.29, 1.82) is 0 Å². The van der Waals surface area contributed by atoms with E-state index in [1.807, 2.05) is 9.80 Å². The molecule has 2 saturated heterocycles. The second kappa shape index (κ2) is 13.0. The van der Waals surface area contributed by atoms with Gasteiger partial charge in [-0.15, -0.1) is 0 Å². The van der Waals surface area contributed by atoms with Gasteiger partial charge in [-0.1, -0.05) is 18.6 Å². The molecule has 0 aromatic heterocycles. The van der Waals surface area contributed by atoms with Gasteiger partial charge in [0.1, 0.15) is 6.10 Å². The van der Waals surface area contributed by atoms with Crippen LogP contribution in [0.2, 0.25) is 0 Å². The molecule has 0 spiro atoms. The molecule has 2 saturated carbocycles. The minimum Gasteiger partial charge on any atom is -0.431 e. The standard InChI is InChI=1S/C30H43N3O6/c1-21(38-30(36)39-27-5-3-2-4-6-27)37-28(34)24-9-13-26(14-10-24)33-20-19-32(29(33)35)25-11-7-22(8-12-25)23-15-17-31-18-16-23/h7-8,11-12,21,23-24,26-27,31H,2-6,9-10,13-20H2,1H3. The monoisotopic (exact) mass is 541 g/mol. The zero-order chi connectivity index (χ0) is 27.2. The molecule has 1 atom stereocenters. The van der Waals surface area contributed by atoms with Gasteiger partial charge in [0.15, 0.2) is 0 Å². The molecule has 0 bridgehead atoms. The highest BCUT2D eigenvalue weighted by Crippen LogP contribution is 2.33. The summed E-state index contributed by atoms with van der Waals surface area (Å²) in [6, 6.07) is 8.70. The number of ether oxygens (including phenoxy) is 3. The maximum absolute atomic E-state index is 13.3. The van der Waals surface area contributed by atoms with Crippen LogP contribution in [0.5, 0.6) is 0 Å². The molecule has 1 aromatic carbocycles. The van der Waals surface area contributed by atoms with Crippen LogP contribution in [0, 0.1) is 5.92 Å². The van der Waals surface area contributed by atoms with Gasteiger partial charge in [0.05, 0.1) is 5.92 Å². The number of anilines is 1. The number of hydrogen-bond donors (Lipinski definition) is 1. The van der Waals surface area contributed by atoms with Crippen LogP contribution in [0.4, 0.5) is 15.3 Å². The molecule has 0 radical (unpaired) electrons. The number of hydrogen-bond acceptors (Lipinski definition) is 7. The van der Waals surface area contributed by atoms with E-state index in [2.05, 4.69) is 29.6 Å². The van der Waals surface area contributed by atoms with Crippen molar-refractivity contribution in [1.82, 2.24) is 10.2 Å². The van der Waals surface area contributed by atoms with Crippen molar-refractivity contribution in [3.05, 3.63) is 29.8 Å². The lowest BCUT2D eigenvalue weighted by atomic mass is 9.85. The van der Waals surface area contributed by atoms with Gasteiger partial charge in [0.2, 0.25) is 6.29 Å². The highest BCUT2D eigenvalue weighted by Gasteiger charge is 2.38. The largest absolute Gasteiger partial charge is 0.511 e. The molecular weight excluding hydrogens is 498 g/mol. The number of nitrogens with zero attached hydrogens (tertiary/aromatic N) is 2. The Morgan fingerprint density at radius 3 is 2.26 bits per heavy atom. The van der Waals surface area contributed by atoms with Crippen LogP contribution in [-0.2, 0) is 19.0 Å². The van der Waals surface area contributed by atoms with Crippen molar-refractivity contribution < 1.29 is 28.6 Å². The Morgan fingerprint density at radius 2 is 1.56 bits per heavy atom. The summed E-state index contributed by atoms with van der Waals surface area (Å²) in [7, 11) is 0. The second-order valence-corrected chi connectivity index (χ2v) is 11.5. The van der Waals surface area contributed by atoms with Gasteiger partial charge in [0, 0.05) is 31.7 Å². The molecule has 5 rings (SSSR count). The van der Waals surface area contributed by atoms with Crippen LogP contribution >= 0.6 is 0 Å². The first-order valence-electron chi connectivity index (χ1n) is 14.9. The highest BCUT2D eigenvalue weighted by molar-refractivity contribution is 5.94. The molecule has 9 nitrogen and oxygen atoms in total. The van der Waals surface area contributed by atoms with E-state index >= 15 is 0 Å². The first kappa shape index (κ1) is 27.7. The summed E-state index contributed by atoms with van der Waals surface area (Å²) in [6.45, 7) is 5.05. The molecular formula is C30H43N3O6. The third kappa shape index (κ3) is 7.04. The molecule has 2 amide bonds. The number of carbonyl (C=O) groups is 3. The van der Waals surface area contributed by atoms with E-state index in [1.165, 1.54) is 12.0 Å². The lowest BCUT2D eigenvalue weighted by Crippen LogP contribution is -2.42. The minimum atomic E-state index is -0.985. The Kier molecular flexibility index (Phi) is 9.27. The Bertz CT molecular complexity index is 981. The molecule has 2 aliphatic carbocycles. The highest BCUT2D eigenvalue weighted by atomic mass is 16.8. The van der Waals surface area contributed by atoms with Gasteiger partial charge < -0.3 is 24.4 Å². The predicted molar refractivity (Wildman–Crippen MR) is 146 cm³/mol. The Balaban J connectivity index is 1.05. The SMILES string of the molecule is CC(OC(=O)OC1CCCCC1)OC(=O)C1CCC(N2CCN(c3ccc(C4CCNCC4)cc3)C2=O)CC1. The average molecular weight is 542 g/mol. The number of piperidine rings is 1. The number of nitrogens with one attached hydrogen (secondary N) is 1. The van der Waals surface area contributed by atoms with Gasteiger partial charge in [-0.25, -0.2) is 9.59 Å². The summed E-state index contributed by atoms with van der Waals surface area (Å²) < 4.78 is 15.9. The van der Waals surface area contributed by atoms with Gasteiger partial charge in [-0.05, 0) is 101 Å². The molecule has 1 N–H and O–H groups in total. The summed E-state index contributed by atoms with van der Waals surface area (Å²) in [5.41, 5.74) is 2.31. The average Bonchev–Trinajstić information content (AvgIpc) is 3.35. The number of esters is 1. The van der Waals surface area contributed by atoms with Gasteiger partial charge in [-0.2, -0.15) is 0 Å². The third-order valence-electron chi connectivity index (χ3n) is 8.89. The van der Waals surface area contributed by atoms with Crippen LogP contribution in [-0.4, -0.2) is 67.7 Å². The summed E-state index contributed by atoms with van der Waals surface area (Å²) in [4.78, 5) is 41.9. The van der Waals surface area contributed by atoms with Crippen molar-refractivity contribution in [2.45, 2.75) is 102 Å². The first-order chi connectivity index (χ1) is 19.0. The Morgan fingerprint density at radius 1 is 0.872 bits per heavy atom. The topological polar surface area (TPSA) is 97.4 Å². The smallest absolute Gasteiger partial charge is 0.431 e. The van der Waals surface area contributed by atoms with Crippen molar-refractivity contribution in [3.63, 3.8) is 0 Å². The zero-order valence-corrected chi connectivity index (χ0v) is 23.1. The maximum atomic E-state index is 13.3. The van der Waals surface area contributed by atoms with Crippen LogP contribution in [0.15, 0.2) is 24.3 Å². The molecule has 214 valence electrons. The van der Waals surface area contributed by atoms with Gasteiger partial charge in [-0.3, -0.25) is 9.69 Å². The molecule has 9 heteroatoms. The Labute approximate surface area is 231 Å². The molecule has 1 aromatic rings. The summed E-state index contributed by atoms with van der Waals surface area (Å²) in [6.07, 6.45) is 8.25. The van der Waals surface area contributed by atoms with Crippen molar-refractivity contribution in [2.75, 3.05) is 31.1 Å². The molecule has 1 unspecified atom stereocenters. The molecule has 2 aliphatic heterocycles. The fraction of sp³-hybridized carbons (Fsp3) is 0.700. The predicted octanol–water partition coefficient (Wildman–Crippen LogP) is 5.33. The normalized spacial score (nSPS) is 25.8. The first-order valence-corrected chi connectivity index (χ1v) is 14.9. The van der Waals surface area contributed by atoms with Crippen molar-refractivity contribution in [3.8, 4) is 0 Å². The van der Waals surface area contributed by atoms with Crippen LogP contribution in [0.1, 0.15) is 89.0 Å². The van der Waals surface area contributed by atoms with E-state index < -0.39 is 12.4 Å². The van der Waals surface area contributed by atoms with Crippen molar-refractivity contribution in [2.24, 2.45) is 5.92 Å². The van der Waals surface area contributed by atoms with Gasteiger partial charge >= 0.3 is 18.2 Å². The third-order valence-corrected chi connectivity index (χ3v) is 8.89. The number of urea groups is 1.